The van der Waals surface area contributed by atoms with Gasteiger partial charge in [-0.25, -0.2) is 0 Å². The molecule has 1 aromatic rings. The fourth-order valence-corrected chi connectivity index (χ4v) is 4.00. The van der Waals surface area contributed by atoms with Crippen molar-refractivity contribution in [3.05, 3.63) is 23.8 Å². The van der Waals surface area contributed by atoms with E-state index < -0.39 is 0 Å². The molecule has 0 saturated carbocycles. The second-order valence-corrected chi connectivity index (χ2v) is 7.14. The summed E-state index contributed by atoms with van der Waals surface area (Å²) in [6, 6.07) is 5.96. The summed E-state index contributed by atoms with van der Waals surface area (Å²) >= 11 is 0. The van der Waals surface area contributed by atoms with Gasteiger partial charge < -0.3 is 14.4 Å². The highest BCUT2D eigenvalue weighted by molar-refractivity contribution is 5.79. The minimum atomic E-state index is 0.149. The molecule has 0 aliphatic carbocycles. The van der Waals surface area contributed by atoms with Crippen LogP contribution in [0.3, 0.4) is 0 Å². The number of nitrogens with zero attached hydrogens (tertiary/aromatic N) is 2. The first-order valence-corrected chi connectivity index (χ1v) is 9.43. The van der Waals surface area contributed by atoms with Gasteiger partial charge in [0, 0.05) is 37.8 Å². The Bertz CT molecular complexity index is 584. The van der Waals surface area contributed by atoms with Crippen molar-refractivity contribution < 1.29 is 14.3 Å². The molecule has 2 aliphatic heterocycles. The molecule has 0 spiro atoms. The van der Waals surface area contributed by atoms with E-state index in [1.165, 1.54) is 6.42 Å². The van der Waals surface area contributed by atoms with Crippen LogP contribution in [-0.2, 0) is 11.3 Å². The van der Waals surface area contributed by atoms with E-state index in [-0.39, 0.29) is 5.92 Å². The van der Waals surface area contributed by atoms with Crippen molar-refractivity contribution in [3.63, 3.8) is 0 Å². The van der Waals surface area contributed by atoms with Crippen molar-refractivity contribution in [3.8, 4) is 11.5 Å². The Morgan fingerprint density at radius 3 is 2.60 bits per heavy atom. The number of piperidine rings is 2. The second-order valence-electron chi connectivity index (χ2n) is 7.14. The lowest BCUT2D eigenvalue weighted by Gasteiger charge is -2.36. The van der Waals surface area contributed by atoms with Crippen LogP contribution >= 0.6 is 0 Å². The summed E-state index contributed by atoms with van der Waals surface area (Å²) in [5, 5.41) is 0. The zero-order chi connectivity index (χ0) is 17.6. The Morgan fingerprint density at radius 1 is 1.08 bits per heavy atom. The summed E-state index contributed by atoms with van der Waals surface area (Å²) in [6.07, 6.45) is 5.68. The van der Waals surface area contributed by atoms with E-state index in [4.69, 9.17) is 9.47 Å². The quantitative estimate of drug-likeness (QED) is 0.822. The topological polar surface area (TPSA) is 42.0 Å². The molecule has 1 atom stereocenters. The Balaban J connectivity index is 1.62. The maximum atomic E-state index is 12.8. The Kier molecular flexibility index (Phi) is 6.19. The number of carbonyl (C=O) groups excluding carboxylic acids is 1. The third-order valence-electron chi connectivity index (χ3n) is 5.41. The van der Waals surface area contributed by atoms with Gasteiger partial charge in [0.05, 0.1) is 20.1 Å². The summed E-state index contributed by atoms with van der Waals surface area (Å²) in [7, 11) is 3.35. The molecule has 1 aromatic carbocycles. The van der Waals surface area contributed by atoms with Crippen LogP contribution in [0.15, 0.2) is 18.2 Å². The molecule has 0 radical (unpaired) electrons. The molecule has 0 aromatic heterocycles. The van der Waals surface area contributed by atoms with Crippen LogP contribution in [0.1, 0.15) is 37.7 Å². The molecule has 1 amide bonds. The lowest BCUT2D eigenvalue weighted by molar-refractivity contribution is -0.138. The van der Waals surface area contributed by atoms with Crippen LogP contribution in [0.2, 0.25) is 0 Å². The van der Waals surface area contributed by atoms with Gasteiger partial charge in [0.1, 0.15) is 11.5 Å². The first kappa shape index (κ1) is 18.1. The largest absolute Gasteiger partial charge is 0.497 e. The Labute approximate surface area is 150 Å². The second kappa shape index (κ2) is 8.56. The molecule has 0 unspecified atom stereocenters. The highest BCUT2D eigenvalue weighted by Gasteiger charge is 2.30. The zero-order valence-electron chi connectivity index (χ0n) is 15.5. The molecule has 2 fully saturated rings. The van der Waals surface area contributed by atoms with Crippen molar-refractivity contribution in [2.75, 3.05) is 40.4 Å². The van der Waals surface area contributed by atoms with Crippen LogP contribution in [0.25, 0.3) is 0 Å². The van der Waals surface area contributed by atoms with Gasteiger partial charge in [-0.05, 0) is 44.7 Å². The summed E-state index contributed by atoms with van der Waals surface area (Å²) in [4.78, 5) is 17.3. The number of carbonyl (C=O) groups is 1. The molecule has 0 N–H and O–H groups in total. The number of rotatable bonds is 5. The molecule has 5 heteroatoms. The number of amides is 1. The van der Waals surface area contributed by atoms with Gasteiger partial charge in [0.2, 0.25) is 5.91 Å². The molecule has 2 saturated heterocycles. The third-order valence-corrected chi connectivity index (χ3v) is 5.41. The maximum absolute atomic E-state index is 12.8. The predicted octanol–water partition coefficient (Wildman–Crippen LogP) is 2.93. The molecule has 138 valence electrons. The van der Waals surface area contributed by atoms with Gasteiger partial charge in [-0.1, -0.05) is 6.07 Å². The van der Waals surface area contributed by atoms with Crippen molar-refractivity contribution >= 4 is 5.91 Å². The maximum Gasteiger partial charge on any atom is 0.226 e. The Hall–Kier alpha value is -1.75. The molecular weight excluding hydrogens is 316 g/mol. The van der Waals surface area contributed by atoms with E-state index in [0.717, 1.165) is 75.5 Å². The first-order valence-electron chi connectivity index (χ1n) is 9.43. The Morgan fingerprint density at radius 2 is 1.88 bits per heavy atom. The van der Waals surface area contributed by atoms with E-state index in [1.807, 2.05) is 12.1 Å². The van der Waals surface area contributed by atoms with Crippen molar-refractivity contribution in [1.29, 1.82) is 0 Å². The molecule has 2 heterocycles. The molecule has 3 rings (SSSR count). The number of likely N-dealkylation sites (tertiary alicyclic amines) is 2. The lowest BCUT2D eigenvalue weighted by atomic mass is 9.95. The molecule has 25 heavy (non-hydrogen) atoms. The summed E-state index contributed by atoms with van der Waals surface area (Å²) < 4.78 is 10.8. The number of hydrogen-bond donors (Lipinski definition) is 0. The highest BCUT2D eigenvalue weighted by atomic mass is 16.5. The SMILES string of the molecule is COc1ccc(CN2CCC[C@H](C(=O)N3CCCCC3)C2)c(OC)c1. The number of hydrogen-bond acceptors (Lipinski definition) is 4. The minimum Gasteiger partial charge on any atom is -0.497 e. The molecular formula is C20H30N2O3. The van der Waals surface area contributed by atoms with Crippen LogP contribution in [0.4, 0.5) is 0 Å². The van der Waals surface area contributed by atoms with E-state index in [0.29, 0.717) is 5.91 Å². The number of benzene rings is 1. The van der Waals surface area contributed by atoms with Gasteiger partial charge in [0.25, 0.3) is 0 Å². The van der Waals surface area contributed by atoms with E-state index in [2.05, 4.69) is 15.9 Å². The van der Waals surface area contributed by atoms with Crippen LogP contribution in [-0.4, -0.2) is 56.1 Å². The monoisotopic (exact) mass is 346 g/mol. The average molecular weight is 346 g/mol. The van der Waals surface area contributed by atoms with Crippen molar-refractivity contribution in [1.82, 2.24) is 9.80 Å². The van der Waals surface area contributed by atoms with Crippen molar-refractivity contribution in [2.45, 2.75) is 38.6 Å². The van der Waals surface area contributed by atoms with Crippen LogP contribution in [0, 0.1) is 5.92 Å². The number of ether oxygens (including phenoxy) is 2. The van der Waals surface area contributed by atoms with Gasteiger partial charge in [-0.15, -0.1) is 0 Å². The highest BCUT2D eigenvalue weighted by Crippen LogP contribution is 2.28. The predicted molar refractivity (Wildman–Crippen MR) is 98.0 cm³/mol. The minimum absolute atomic E-state index is 0.149. The van der Waals surface area contributed by atoms with Crippen LogP contribution < -0.4 is 9.47 Å². The van der Waals surface area contributed by atoms with Gasteiger partial charge in [-0.2, -0.15) is 0 Å². The summed E-state index contributed by atoms with van der Waals surface area (Å²) in [5.41, 5.74) is 1.15. The average Bonchev–Trinajstić information content (AvgIpc) is 2.68. The molecule has 5 nitrogen and oxygen atoms in total. The smallest absolute Gasteiger partial charge is 0.226 e. The summed E-state index contributed by atoms with van der Waals surface area (Å²) in [5.74, 6) is 2.17. The fourth-order valence-electron chi connectivity index (χ4n) is 4.00. The van der Waals surface area contributed by atoms with E-state index >= 15 is 0 Å². The zero-order valence-corrected chi connectivity index (χ0v) is 15.5. The normalized spacial score (nSPS) is 21.8. The van der Waals surface area contributed by atoms with Crippen LogP contribution in [0.5, 0.6) is 11.5 Å². The molecule has 0 bridgehead atoms. The molecule has 2 aliphatic rings. The summed E-state index contributed by atoms with van der Waals surface area (Å²) in [6.45, 7) is 4.60. The van der Waals surface area contributed by atoms with Crippen molar-refractivity contribution in [2.24, 2.45) is 5.92 Å². The fraction of sp³-hybridized carbons (Fsp3) is 0.650. The standard InChI is InChI=1S/C20H30N2O3/c1-24-18-9-8-16(19(13-18)25-2)14-21-10-6-7-17(15-21)20(23)22-11-4-3-5-12-22/h8-9,13,17H,3-7,10-12,14-15H2,1-2H3/t17-/m0/s1. The van der Waals surface area contributed by atoms with E-state index in [9.17, 15) is 4.79 Å². The third kappa shape index (κ3) is 4.46. The number of methoxy groups -OCH3 is 2. The van der Waals surface area contributed by atoms with Gasteiger partial charge in [0.15, 0.2) is 0 Å². The van der Waals surface area contributed by atoms with E-state index in [1.54, 1.807) is 14.2 Å². The van der Waals surface area contributed by atoms with Gasteiger partial charge >= 0.3 is 0 Å². The lowest BCUT2D eigenvalue weighted by Crippen LogP contribution is -2.46. The first-order chi connectivity index (χ1) is 12.2. The van der Waals surface area contributed by atoms with Gasteiger partial charge in [-0.3, -0.25) is 9.69 Å².